The second-order valence-electron chi connectivity index (χ2n) is 6.20. The molecule has 2 aliphatic rings. The van der Waals surface area contributed by atoms with Crippen LogP contribution in [-0.2, 0) is 10.3 Å². The van der Waals surface area contributed by atoms with Gasteiger partial charge < -0.3 is 19.7 Å². The maximum absolute atomic E-state index is 12.6. The Labute approximate surface area is 153 Å². The van der Waals surface area contributed by atoms with Gasteiger partial charge in [0.15, 0.2) is 5.60 Å². The van der Waals surface area contributed by atoms with Crippen molar-refractivity contribution in [1.82, 2.24) is 0 Å². The van der Waals surface area contributed by atoms with Gasteiger partial charge in [-0.15, -0.1) is 0 Å². The number of halogens is 1. The van der Waals surface area contributed by atoms with E-state index in [-0.39, 0.29) is 11.5 Å². The number of hydrogen-bond acceptors (Lipinski definition) is 5. The van der Waals surface area contributed by atoms with Gasteiger partial charge in [0, 0.05) is 33.8 Å². The van der Waals surface area contributed by atoms with Gasteiger partial charge in [-0.25, -0.2) is 4.79 Å². The third-order valence-corrected chi connectivity index (χ3v) is 5.06. The molecular weight excluding hydrogens is 356 g/mol. The highest BCUT2D eigenvalue weighted by molar-refractivity contribution is 6.32. The Morgan fingerprint density at radius 1 is 0.885 bits per heavy atom. The largest absolute Gasteiger partial charge is 0.508 e. The van der Waals surface area contributed by atoms with E-state index in [2.05, 4.69) is 0 Å². The lowest BCUT2D eigenvalue weighted by Gasteiger charge is -2.36. The number of phenolic OH excluding ortho intramolecular Hbond substituents is 2. The molecule has 0 radical (unpaired) electrons. The molecule has 128 valence electrons. The molecule has 0 fully saturated rings. The van der Waals surface area contributed by atoms with Gasteiger partial charge in [-0.05, 0) is 36.4 Å². The molecule has 5 nitrogen and oxygen atoms in total. The van der Waals surface area contributed by atoms with E-state index in [0.29, 0.717) is 38.8 Å². The Hall–Kier alpha value is -3.18. The van der Waals surface area contributed by atoms with Crippen molar-refractivity contribution in [3.63, 3.8) is 0 Å². The molecule has 6 heteroatoms. The summed E-state index contributed by atoms with van der Waals surface area (Å²) in [4.78, 5) is 12.6. The molecule has 2 N–H and O–H groups in total. The molecule has 5 rings (SSSR count). The molecule has 2 heterocycles. The maximum atomic E-state index is 12.6. The minimum Gasteiger partial charge on any atom is -0.508 e. The molecule has 0 atom stereocenters. The Morgan fingerprint density at radius 2 is 1.50 bits per heavy atom. The van der Waals surface area contributed by atoms with E-state index < -0.39 is 11.6 Å². The molecule has 0 aliphatic carbocycles. The first-order valence-electron chi connectivity index (χ1n) is 7.88. The van der Waals surface area contributed by atoms with Crippen LogP contribution in [0.3, 0.4) is 0 Å². The fraction of sp³-hybridized carbons (Fsp3) is 0.0500. The second kappa shape index (κ2) is 4.93. The number of hydrogen-bond donors (Lipinski definition) is 2. The molecule has 1 spiro atoms. The summed E-state index contributed by atoms with van der Waals surface area (Å²) < 4.78 is 11.8. The highest BCUT2D eigenvalue weighted by Gasteiger charge is 2.54. The first-order chi connectivity index (χ1) is 12.5. The lowest BCUT2D eigenvalue weighted by molar-refractivity contribution is 0.0224. The van der Waals surface area contributed by atoms with Crippen LogP contribution in [0.1, 0.15) is 27.0 Å². The van der Waals surface area contributed by atoms with Gasteiger partial charge in [0.2, 0.25) is 0 Å². The number of ether oxygens (including phenoxy) is 2. The number of carbonyl (C=O) groups is 1. The number of rotatable bonds is 0. The van der Waals surface area contributed by atoms with Crippen molar-refractivity contribution in [1.29, 1.82) is 0 Å². The normalized spacial score (nSPS) is 15.7. The van der Waals surface area contributed by atoms with Crippen molar-refractivity contribution in [3.8, 4) is 23.0 Å². The third kappa shape index (κ3) is 1.78. The predicted octanol–water partition coefficient (Wildman–Crippen LogP) is 4.32. The molecule has 0 bridgehead atoms. The number of phenols is 2. The van der Waals surface area contributed by atoms with E-state index >= 15 is 0 Å². The summed E-state index contributed by atoms with van der Waals surface area (Å²) >= 11 is 6.48. The molecule has 0 saturated heterocycles. The van der Waals surface area contributed by atoms with Crippen LogP contribution in [0.5, 0.6) is 23.0 Å². The molecule has 0 saturated carbocycles. The Bertz CT molecular complexity index is 1050. The zero-order valence-electron chi connectivity index (χ0n) is 13.2. The van der Waals surface area contributed by atoms with Crippen LogP contribution in [0, 0.1) is 0 Å². The van der Waals surface area contributed by atoms with E-state index in [0.717, 1.165) is 0 Å². The minimum atomic E-state index is -1.31. The number of benzene rings is 3. The number of esters is 1. The van der Waals surface area contributed by atoms with Gasteiger partial charge in [0.1, 0.15) is 23.0 Å². The fourth-order valence-electron chi connectivity index (χ4n) is 3.71. The Morgan fingerprint density at radius 3 is 2.12 bits per heavy atom. The maximum Gasteiger partial charge on any atom is 0.340 e. The molecule has 2 aliphatic heterocycles. The molecule has 0 unspecified atom stereocenters. The van der Waals surface area contributed by atoms with E-state index in [1.807, 2.05) is 0 Å². The monoisotopic (exact) mass is 366 g/mol. The van der Waals surface area contributed by atoms with Crippen molar-refractivity contribution < 1.29 is 24.5 Å². The van der Waals surface area contributed by atoms with Crippen molar-refractivity contribution in [2.24, 2.45) is 0 Å². The first kappa shape index (κ1) is 15.1. The van der Waals surface area contributed by atoms with Crippen molar-refractivity contribution in [2.45, 2.75) is 5.60 Å². The van der Waals surface area contributed by atoms with Crippen LogP contribution in [-0.4, -0.2) is 16.2 Å². The van der Waals surface area contributed by atoms with E-state index in [1.54, 1.807) is 30.3 Å². The number of fused-ring (bicyclic) bond motifs is 6. The zero-order valence-corrected chi connectivity index (χ0v) is 13.9. The predicted molar refractivity (Wildman–Crippen MR) is 93.0 cm³/mol. The van der Waals surface area contributed by atoms with Crippen molar-refractivity contribution in [3.05, 3.63) is 81.9 Å². The summed E-state index contributed by atoms with van der Waals surface area (Å²) in [6.45, 7) is 0. The summed E-state index contributed by atoms with van der Waals surface area (Å²) in [7, 11) is 0. The van der Waals surface area contributed by atoms with Crippen molar-refractivity contribution in [2.75, 3.05) is 0 Å². The average molecular weight is 367 g/mol. The first-order valence-corrected chi connectivity index (χ1v) is 8.25. The molecule has 0 aromatic heterocycles. The quantitative estimate of drug-likeness (QED) is 0.579. The molecule has 3 aromatic carbocycles. The van der Waals surface area contributed by atoms with Crippen LogP contribution in [0.2, 0.25) is 5.02 Å². The third-order valence-electron chi connectivity index (χ3n) is 4.74. The van der Waals surface area contributed by atoms with Gasteiger partial charge in [-0.1, -0.05) is 17.7 Å². The highest BCUT2D eigenvalue weighted by Crippen LogP contribution is 2.58. The summed E-state index contributed by atoms with van der Waals surface area (Å²) in [6.07, 6.45) is 0. The zero-order chi connectivity index (χ0) is 18.1. The minimum absolute atomic E-state index is 0.00575. The smallest absolute Gasteiger partial charge is 0.340 e. The summed E-state index contributed by atoms with van der Waals surface area (Å²) in [5, 5.41) is 20.1. The van der Waals surface area contributed by atoms with Gasteiger partial charge in [-0.3, -0.25) is 0 Å². The van der Waals surface area contributed by atoms with Gasteiger partial charge in [-0.2, -0.15) is 0 Å². The van der Waals surface area contributed by atoms with Crippen LogP contribution < -0.4 is 4.74 Å². The lowest BCUT2D eigenvalue weighted by atomic mass is 9.77. The molecule has 3 aromatic rings. The Kier molecular flexibility index (Phi) is 2.86. The highest BCUT2D eigenvalue weighted by atomic mass is 35.5. The summed E-state index contributed by atoms with van der Waals surface area (Å²) in [6, 6.07) is 14.2. The molecular formula is C20H11ClO5. The van der Waals surface area contributed by atoms with Gasteiger partial charge >= 0.3 is 5.97 Å². The second-order valence-corrected chi connectivity index (χ2v) is 6.60. The number of carbonyl (C=O) groups excluding carboxylic acids is 1. The van der Waals surface area contributed by atoms with E-state index in [4.69, 9.17) is 21.1 Å². The van der Waals surface area contributed by atoms with Crippen LogP contribution in [0.4, 0.5) is 0 Å². The average Bonchev–Trinajstić information content (AvgIpc) is 2.89. The standard InChI is InChI=1S/C20H11ClO5/c21-15-3-1-2-12-18(15)20(26-19(12)24)13-6-4-10(22)8-16(13)25-17-9-11(23)5-7-14(17)20/h1-9,22-23H. The van der Waals surface area contributed by atoms with E-state index in [9.17, 15) is 15.0 Å². The summed E-state index contributed by atoms with van der Waals surface area (Å²) in [5.41, 5.74) is 0.684. The van der Waals surface area contributed by atoms with Crippen molar-refractivity contribution >= 4 is 17.6 Å². The van der Waals surface area contributed by atoms with Crippen LogP contribution in [0.25, 0.3) is 0 Å². The SMILES string of the molecule is O=C1OC2(c3ccc(O)cc3Oc3cc(O)ccc32)c2c(Cl)cccc21. The van der Waals surface area contributed by atoms with Gasteiger partial charge in [0.05, 0.1) is 5.56 Å². The number of aromatic hydroxyl groups is 2. The van der Waals surface area contributed by atoms with Crippen LogP contribution >= 0.6 is 11.6 Å². The Balaban J connectivity index is 1.94. The summed E-state index contributed by atoms with van der Waals surface area (Å²) in [5.74, 6) is 0.159. The fourth-order valence-corrected chi connectivity index (χ4v) is 4.02. The topological polar surface area (TPSA) is 76.0 Å². The lowest BCUT2D eigenvalue weighted by Crippen LogP contribution is -2.33. The van der Waals surface area contributed by atoms with E-state index in [1.165, 1.54) is 24.3 Å². The molecule has 26 heavy (non-hydrogen) atoms. The van der Waals surface area contributed by atoms with Gasteiger partial charge in [0.25, 0.3) is 0 Å². The molecule has 0 amide bonds. The van der Waals surface area contributed by atoms with Crippen LogP contribution in [0.15, 0.2) is 54.6 Å².